The quantitative estimate of drug-likeness (QED) is 0.274. The molecule has 11 heteroatoms. The number of anilines is 4. The number of nitrogens with zero attached hydrogens (tertiary/aromatic N) is 6. The van der Waals surface area contributed by atoms with Crippen LogP contribution in [0.3, 0.4) is 0 Å². The van der Waals surface area contributed by atoms with Gasteiger partial charge in [-0.25, -0.2) is 18.7 Å². The van der Waals surface area contributed by atoms with E-state index in [-0.39, 0.29) is 0 Å². The Morgan fingerprint density at radius 3 is 2.62 bits per heavy atom. The van der Waals surface area contributed by atoms with E-state index in [1.807, 2.05) is 48.8 Å². The van der Waals surface area contributed by atoms with Crippen molar-refractivity contribution in [1.82, 2.24) is 29.7 Å². The van der Waals surface area contributed by atoms with Crippen molar-refractivity contribution in [1.29, 1.82) is 0 Å². The van der Waals surface area contributed by atoms with Crippen molar-refractivity contribution < 1.29 is 13.5 Å². The van der Waals surface area contributed by atoms with Gasteiger partial charge in [0.15, 0.2) is 11.6 Å². The van der Waals surface area contributed by atoms with Crippen molar-refractivity contribution in [3.05, 3.63) is 78.1 Å². The molecule has 39 heavy (non-hydrogen) atoms. The number of imidazole rings is 1. The first-order valence-corrected chi connectivity index (χ1v) is 12.1. The van der Waals surface area contributed by atoms with Crippen LogP contribution in [-0.2, 0) is 7.05 Å². The number of ether oxygens (including phenoxy) is 1. The zero-order valence-electron chi connectivity index (χ0n) is 21.6. The van der Waals surface area contributed by atoms with E-state index in [4.69, 9.17) is 9.72 Å². The highest BCUT2D eigenvalue weighted by Gasteiger charge is 2.15. The largest absolute Gasteiger partial charge is 0.495 e. The van der Waals surface area contributed by atoms with Gasteiger partial charge in [0.2, 0.25) is 5.95 Å². The van der Waals surface area contributed by atoms with Crippen LogP contribution in [0.25, 0.3) is 33.3 Å². The number of aryl methyl sites for hydroxylation is 2. The molecular weight excluding hydrogens is 502 g/mol. The predicted octanol–water partition coefficient (Wildman–Crippen LogP) is 6.01. The molecule has 0 unspecified atom stereocenters. The molecule has 0 saturated carbocycles. The summed E-state index contributed by atoms with van der Waals surface area (Å²) in [4.78, 5) is 18.5. The van der Waals surface area contributed by atoms with Gasteiger partial charge in [-0.05, 0) is 49.4 Å². The van der Waals surface area contributed by atoms with Crippen LogP contribution < -0.4 is 15.0 Å². The molecule has 0 fully saturated rings. The molecule has 0 amide bonds. The lowest BCUT2D eigenvalue weighted by molar-refractivity contribution is 0.417. The molecule has 0 saturated heterocycles. The summed E-state index contributed by atoms with van der Waals surface area (Å²) in [5, 5.41) is 8.91. The van der Waals surface area contributed by atoms with E-state index in [9.17, 15) is 8.78 Å². The molecule has 0 aliphatic heterocycles. The number of hydrogen-bond donors (Lipinski definition) is 2. The Balaban J connectivity index is 1.31. The minimum Gasteiger partial charge on any atom is -0.495 e. The Labute approximate surface area is 222 Å². The molecule has 6 rings (SSSR count). The van der Waals surface area contributed by atoms with Crippen LogP contribution in [0.2, 0.25) is 0 Å². The summed E-state index contributed by atoms with van der Waals surface area (Å²) < 4.78 is 34.7. The van der Waals surface area contributed by atoms with E-state index in [0.717, 1.165) is 34.4 Å². The summed E-state index contributed by atoms with van der Waals surface area (Å²) >= 11 is 0. The highest BCUT2D eigenvalue weighted by atomic mass is 19.2. The zero-order valence-corrected chi connectivity index (χ0v) is 21.6. The summed E-state index contributed by atoms with van der Waals surface area (Å²) in [6.45, 7) is 2.04. The smallest absolute Gasteiger partial charge is 0.229 e. The fourth-order valence-electron chi connectivity index (χ4n) is 4.47. The van der Waals surface area contributed by atoms with Crippen LogP contribution in [0.1, 0.15) is 5.69 Å². The summed E-state index contributed by atoms with van der Waals surface area (Å²) in [5.41, 5.74) is 4.94. The van der Waals surface area contributed by atoms with E-state index in [1.165, 1.54) is 0 Å². The highest BCUT2D eigenvalue weighted by molar-refractivity contribution is 5.86. The molecule has 0 spiro atoms. The second-order valence-electron chi connectivity index (χ2n) is 9.12. The maximum absolute atomic E-state index is 13.7. The van der Waals surface area contributed by atoms with E-state index in [2.05, 4.69) is 31.4 Å². The Morgan fingerprint density at radius 2 is 1.79 bits per heavy atom. The van der Waals surface area contributed by atoms with Gasteiger partial charge < -0.3 is 19.9 Å². The lowest BCUT2D eigenvalue weighted by atomic mass is 10.1. The monoisotopic (exact) mass is 526 g/mol. The van der Waals surface area contributed by atoms with Gasteiger partial charge in [-0.3, -0.25) is 4.68 Å². The number of nitrogens with one attached hydrogen (secondary N) is 2. The van der Waals surface area contributed by atoms with Crippen molar-refractivity contribution in [2.24, 2.45) is 7.05 Å². The number of hydrogen-bond acceptors (Lipinski definition) is 7. The second kappa shape index (κ2) is 9.35. The van der Waals surface area contributed by atoms with Crippen molar-refractivity contribution in [3.8, 4) is 17.1 Å². The Kier molecular flexibility index (Phi) is 5.82. The van der Waals surface area contributed by atoms with Gasteiger partial charge in [-0.1, -0.05) is 0 Å². The first-order valence-electron chi connectivity index (χ1n) is 12.1. The number of methoxy groups -OCH3 is 1. The lowest BCUT2D eigenvalue weighted by Gasteiger charge is -2.19. The molecule has 196 valence electrons. The Hall–Kier alpha value is -5.06. The molecule has 9 nitrogen and oxygen atoms in total. The molecule has 0 aliphatic carbocycles. The molecule has 2 N–H and O–H groups in total. The van der Waals surface area contributed by atoms with Crippen molar-refractivity contribution >= 4 is 45.1 Å². The topological polar surface area (TPSA) is 96.8 Å². The van der Waals surface area contributed by atoms with Gasteiger partial charge in [0.1, 0.15) is 17.4 Å². The minimum atomic E-state index is -0.949. The van der Waals surface area contributed by atoms with Gasteiger partial charge in [0.05, 0.1) is 29.3 Å². The van der Waals surface area contributed by atoms with Crippen molar-refractivity contribution in [2.45, 2.75) is 6.92 Å². The van der Waals surface area contributed by atoms with Gasteiger partial charge in [-0.15, -0.1) is 0 Å². The maximum atomic E-state index is 13.7. The Morgan fingerprint density at radius 1 is 0.974 bits per heavy atom. The molecule has 0 atom stereocenters. The number of halogens is 2. The van der Waals surface area contributed by atoms with Crippen LogP contribution in [0.5, 0.6) is 5.75 Å². The molecule has 6 aromatic rings. The van der Waals surface area contributed by atoms with Crippen LogP contribution in [0.4, 0.5) is 31.9 Å². The lowest BCUT2D eigenvalue weighted by Crippen LogP contribution is -2.12. The number of aromatic nitrogens is 6. The third-order valence-corrected chi connectivity index (χ3v) is 6.73. The number of H-pyrrole nitrogens is 1. The number of benzene rings is 3. The fourth-order valence-corrected chi connectivity index (χ4v) is 4.47. The van der Waals surface area contributed by atoms with Gasteiger partial charge in [-0.2, -0.15) is 10.1 Å². The molecule has 0 radical (unpaired) electrons. The molecule has 0 bridgehead atoms. The fraction of sp³-hybridized carbons (Fsp3) is 0.143. The van der Waals surface area contributed by atoms with Crippen molar-refractivity contribution in [2.75, 3.05) is 24.4 Å². The number of fused-ring (bicyclic) bond motifs is 2. The standard InChI is InChI=1S/C28H24F2N8O/c1-15-18-7-6-17(12-21(18)36-38(15)3)37(2)26-9-10-31-28(35-26)34-24-11-16(5-8-25(24)39-4)27-32-22-13-19(29)20(30)14-23(22)33-27/h5-14H,1-4H3,(H,32,33)(H,31,34,35). The first kappa shape index (κ1) is 24.3. The molecular formula is C28H24F2N8O. The Bertz CT molecular complexity index is 1820. The average Bonchev–Trinajstić information content (AvgIpc) is 3.47. The van der Waals surface area contributed by atoms with E-state index in [1.54, 1.807) is 31.5 Å². The summed E-state index contributed by atoms with van der Waals surface area (Å²) in [6, 6.07) is 15.5. The average molecular weight is 527 g/mol. The SMILES string of the molecule is COc1ccc(-c2nc3cc(F)c(F)cc3[nH]2)cc1Nc1nccc(N(C)c2ccc3c(C)n(C)nc3c2)n1. The minimum absolute atomic E-state index is 0.326. The first-order chi connectivity index (χ1) is 18.8. The molecule has 3 heterocycles. The third kappa shape index (κ3) is 4.37. The van der Waals surface area contributed by atoms with Crippen LogP contribution in [0.15, 0.2) is 60.8 Å². The summed E-state index contributed by atoms with van der Waals surface area (Å²) in [7, 11) is 5.42. The number of aromatic amines is 1. The van der Waals surface area contributed by atoms with Crippen molar-refractivity contribution in [3.63, 3.8) is 0 Å². The second-order valence-corrected chi connectivity index (χ2v) is 9.12. The maximum Gasteiger partial charge on any atom is 0.229 e. The van der Waals surface area contributed by atoms with Crippen LogP contribution in [-0.4, -0.2) is 43.9 Å². The summed E-state index contributed by atoms with van der Waals surface area (Å²) in [6.07, 6.45) is 1.67. The van der Waals surface area contributed by atoms with Crippen LogP contribution in [0, 0.1) is 18.6 Å². The predicted molar refractivity (Wildman–Crippen MR) is 147 cm³/mol. The molecule has 0 aliphatic rings. The normalized spacial score (nSPS) is 11.3. The molecule has 3 aromatic carbocycles. The molecule has 3 aromatic heterocycles. The van der Waals surface area contributed by atoms with Gasteiger partial charge in [0.25, 0.3) is 0 Å². The van der Waals surface area contributed by atoms with Gasteiger partial charge in [0, 0.05) is 54.8 Å². The zero-order chi connectivity index (χ0) is 27.3. The van der Waals surface area contributed by atoms with Gasteiger partial charge >= 0.3 is 0 Å². The summed E-state index contributed by atoms with van der Waals surface area (Å²) in [5.74, 6) is 0.163. The third-order valence-electron chi connectivity index (χ3n) is 6.73. The van der Waals surface area contributed by atoms with E-state index < -0.39 is 11.6 Å². The van der Waals surface area contributed by atoms with Crippen LogP contribution >= 0.6 is 0 Å². The number of rotatable bonds is 6. The van der Waals surface area contributed by atoms with E-state index in [0.29, 0.717) is 45.6 Å². The van der Waals surface area contributed by atoms with E-state index >= 15 is 0 Å². The highest BCUT2D eigenvalue weighted by Crippen LogP contribution is 2.33.